The molecule has 134 valence electrons. The van der Waals surface area contributed by atoms with Crippen LogP contribution in [0.4, 0.5) is 0 Å². The number of benzene rings is 1. The zero-order chi connectivity index (χ0) is 16.8. The number of hydrogen-bond donors (Lipinski definition) is 1. The van der Waals surface area contributed by atoms with E-state index in [9.17, 15) is 13.2 Å². The summed E-state index contributed by atoms with van der Waals surface area (Å²) in [6, 6.07) is 4.15. The van der Waals surface area contributed by atoms with E-state index in [1.807, 2.05) is 0 Å². The van der Waals surface area contributed by atoms with Crippen LogP contribution in [0.15, 0.2) is 23.1 Å². The Morgan fingerprint density at radius 2 is 2.04 bits per heavy atom. The fraction of sp³-hybridized carbons (Fsp3) is 0.533. The minimum atomic E-state index is -3.63. The maximum atomic E-state index is 12.8. The van der Waals surface area contributed by atoms with E-state index in [-0.39, 0.29) is 39.8 Å². The molecule has 1 aromatic carbocycles. The number of sulfonamides is 1. The predicted octanol–water partition coefficient (Wildman–Crippen LogP) is 1.91. The number of halogens is 2. The fourth-order valence-electron chi connectivity index (χ4n) is 3.54. The molecule has 1 aromatic rings. The number of methoxy groups -OCH3 is 1. The molecule has 24 heavy (non-hydrogen) atoms. The van der Waals surface area contributed by atoms with Crippen molar-refractivity contribution in [1.29, 1.82) is 0 Å². The molecule has 3 unspecified atom stereocenters. The summed E-state index contributed by atoms with van der Waals surface area (Å²) in [5, 5.41) is 0.0639. The second-order valence-corrected chi connectivity index (χ2v) is 8.47. The lowest BCUT2D eigenvalue weighted by Gasteiger charge is -2.19. The van der Waals surface area contributed by atoms with E-state index in [1.165, 1.54) is 29.6 Å². The van der Waals surface area contributed by atoms with Crippen LogP contribution in [0.25, 0.3) is 0 Å². The van der Waals surface area contributed by atoms with Gasteiger partial charge in [-0.05, 0) is 42.9 Å². The summed E-state index contributed by atoms with van der Waals surface area (Å²) >= 11 is 6.03. The first kappa shape index (κ1) is 19.5. The molecule has 1 saturated carbocycles. The van der Waals surface area contributed by atoms with Crippen LogP contribution >= 0.6 is 24.0 Å². The average Bonchev–Trinajstić information content (AvgIpc) is 3.09. The molecule has 2 aliphatic rings. The monoisotopic (exact) mass is 394 g/mol. The number of ether oxygens (including phenoxy) is 1. The Balaban J connectivity index is 0.00000208. The zero-order valence-corrected chi connectivity index (χ0v) is 15.5. The molecule has 1 saturated heterocycles. The maximum Gasteiger partial charge on any atom is 0.339 e. The van der Waals surface area contributed by atoms with Crippen LogP contribution in [0.3, 0.4) is 0 Å². The third-order valence-corrected chi connectivity index (χ3v) is 7.00. The molecule has 0 radical (unpaired) electrons. The van der Waals surface area contributed by atoms with Crippen LogP contribution in [0.5, 0.6) is 0 Å². The molecular formula is C15H20Cl2N2O4S. The molecule has 6 nitrogen and oxygen atoms in total. The Bertz CT molecular complexity index is 741. The van der Waals surface area contributed by atoms with Gasteiger partial charge in [-0.15, -0.1) is 12.4 Å². The Hall–Kier alpha value is -0.860. The van der Waals surface area contributed by atoms with Crippen molar-refractivity contribution in [2.75, 3.05) is 20.2 Å². The van der Waals surface area contributed by atoms with Crippen molar-refractivity contribution in [2.24, 2.45) is 17.6 Å². The topological polar surface area (TPSA) is 89.7 Å². The minimum absolute atomic E-state index is 0. The number of esters is 1. The molecule has 0 spiro atoms. The van der Waals surface area contributed by atoms with Crippen LogP contribution in [-0.4, -0.2) is 44.9 Å². The molecule has 2 fully saturated rings. The van der Waals surface area contributed by atoms with Crippen LogP contribution in [0, 0.1) is 11.8 Å². The largest absolute Gasteiger partial charge is 0.465 e. The molecule has 0 bridgehead atoms. The van der Waals surface area contributed by atoms with Gasteiger partial charge in [0.25, 0.3) is 0 Å². The number of carbonyl (C=O) groups is 1. The lowest BCUT2D eigenvalue weighted by atomic mass is 9.98. The van der Waals surface area contributed by atoms with E-state index in [1.54, 1.807) is 0 Å². The van der Waals surface area contributed by atoms with Gasteiger partial charge < -0.3 is 10.5 Å². The Kier molecular flexibility index (Phi) is 5.82. The van der Waals surface area contributed by atoms with Crippen LogP contribution < -0.4 is 5.73 Å². The van der Waals surface area contributed by atoms with Gasteiger partial charge in [0.05, 0.1) is 22.6 Å². The summed E-state index contributed by atoms with van der Waals surface area (Å²) in [7, 11) is -2.39. The summed E-state index contributed by atoms with van der Waals surface area (Å²) in [6.07, 6.45) is 1.93. The first-order valence-electron chi connectivity index (χ1n) is 7.48. The number of hydrogen-bond acceptors (Lipinski definition) is 5. The first-order chi connectivity index (χ1) is 10.8. The zero-order valence-electron chi connectivity index (χ0n) is 13.1. The van der Waals surface area contributed by atoms with Crippen LogP contribution in [0.1, 0.15) is 23.2 Å². The normalized spacial score (nSPS) is 26.7. The third-order valence-electron chi connectivity index (χ3n) is 4.86. The molecule has 2 N–H and O–H groups in total. The molecule has 3 atom stereocenters. The molecule has 1 aliphatic carbocycles. The van der Waals surface area contributed by atoms with Crippen molar-refractivity contribution < 1.29 is 17.9 Å². The Labute approximate surface area is 152 Å². The second kappa shape index (κ2) is 7.17. The highest BCUT2D eigenvalue weighted by atomic mass is 35.5. The SMILES string of the molecule is COC(=O)c1ccc(S(=O)(=O)N2CC3CCC(N)C3C2)cc1Cl.Cl. The molecule has 9 heteroatoms. The highest BCUT2D eigenvalue weighted by Gasteiger charge is 2.45. The summed E-state index contributed by atoms with van der Waals surface area (Å²) in [6.45, 7) is 0.946. The number of nitrogens with zero attached hydrogens (tertiary/aromatic N) is 1. The Morgan fingerprint density at radius 1 is 1.33 bits per heavy atom. The number of rotatable bonds is 3. The smallest absolute Gasteiger partial charge is 0.339 e. The average molecular weight is 395 g/mol. The van der Waals surface area contributed by atoms with Crippen molar-refractivity contribution >= 4 is 40.0 Å². The number of fused-ring (bicyclic) bond motifs is 1. The second-order valence-electron chi connectivity index (χ2n) is 6.12. The van der Waals surface area contributed by atoms with E-state index in [0.29, 0.717) is 19.0 Å². The van der Waals surface area contributed by atoms with E-state index >= 15 is 0 Å². The van der Waals surface area contributed by atoms with Crippen molar-refractivity contribution in [1.82, 2.24) is 4.31 Å². The van der Waals surface area contributed by atoms with Gasteiger partial charge in [0.1, 0.15) is 0 Å². The quantitative estimate of drug-likeness (QED) is 0.790. The van der Waals surface area contributed by atoms with E-state index in [4.69, 9.17) is 17.3 Å². The summed E-state index contributed by atoms with van der Waals surface area (Å²) in [4.78, 5) is 11.6. The molecule has 0 aromatic heterocycles. The van der Waals surface area contributed by atoms with Gasteiger partial charge in [0.15, 0.2) is 0 Å². The van der Waals surface area contributed by atoms with E-state index < -0.39 is 16.0 Å². The van der Waals surface area contributed by atoms with Gasteiger partial charge in [-0.2, -0.15) is 4.31 Å². The van der Waals surface area contributed by atoms with Gasteiger partial charge in [0, 0.05) is 19.1 Å². The van der Waals surface area contributed by atoms with Crippen molar-refractivity contribution in [3.05, 3.63) is 28.8 Å². The van der Waals surface area contributed by atoms with Gasteiger partial charge in [-0.25, -0.2) is 13.2 Å². The van der Waals surface area contributed by atoms with Gasteiger partial charge in [-0.3, -0.25) is 0 Å². The fourth-order valence-corrected chi connectivity index (χ4v) is 5.43. The van der Waals surface area contributed by atoms with Crippen molar-refractivity contribution in [3.63, 3.8) is 0 Å². The molecule has 1 heterocycles. The first-order valence-corrected chi connectivity index (χ1v) is 9.30. The standard InChI is InChI=1S/C15H19ClN2O4S.ClH/c1-22-15(19)11-4-3-10(6-13(11)16)23(20,21)18-7-9-2-5-14(17)12(9)8-18;/h3-4,6,9,12,14H,2,5,7-8,17H2,1H3;1H. The lowest BCUT2D eigenvalue weighted by Crippen LogP contribution is -2.33. The summed E-state index contributed by atoms with van der Waals surface area (Å²) < 4.78 is 31.7. The lowest BCUT2D eigenvalue weighted by molar-refractivity contribution is 0.0601. The minimum Gasteiger partial charge on any atom is -0.465 e. The van der Waals surface area contributed by atoms with Gasteiger partial charge in [-0.1, -0.05) is 11.6 Å². The van der Waals surface area contributed by atoms with Crippen molar-refractivity contribution in [2.45, 2.75) is 23.8 Å². The van der Waals surface area contributed by atoms with Crippen LogP contribution in [0.2, 0.25) is 5.02 Å². The molecule has 3 rings (SSSR count). The number of carbonyl (C=O) groups excluding carboxylic acids is 1. The predicted molar refractivity (Wildman–Crippen MR) is 93.0 cm³/mol. The maximum absolute atomic E-state index is 12.8. The van der Waals surface area contributed by atoms with Crippen LogP contribution in [-0.2, 0) is 14.8 Å². The van der Waals surface area contributed by atoms with Crippen molar-refractivity contribution in [3.8, 4) is 0 Å². The molecular weight excluding hydrogens is 375 g/mol. The number of nitrogens with two attached hydrogens (primary N) is 1. The van der Waals surface area contributed by atoms with Gasteiger partial charge in [0.2, 0.25) is 10.0 Å². The highest BCUT2D eigenvalue weighted by Crippen LogP contribution is 2.39. The van der Waals surface area contributed by atoms with E-state index in [0.717, 1.165) is 12.8 Å². The molecule has 1 aliphatic heterocycles. The Morgan fingerprint density at radius 3 is 2.62 bits per heavy atom. The highest BCUT2D eigenvalue weighted by molar-refractivity contribution is 7.89. The third kappa shape index (κ3) is 3.28. The molecule has 0 amide bonds. The van der Waals surface area contributed by atoms with E-state index in [2.05, 4.69) is 4.74 Å². The summed E-state index contributed by atoms with van der Waals surface area (Å²) in [5.74, 6) is -0.0280. The summed E-state index contributed by atoms with van der Waals surface area (Å²) in [5.41, 5.74) is 6.21. The van der Waals surface area contributed by atoms with Gasteiger partial charge >= 0.3 is 5.97 Å².